The minimum absolute atomic E-state index is 0. The van der Waals surface area contributed by atoms with Crippen LogP contribution in [-0.2, 0) is 6.54 Å². The fraction of sp³-hybridized carbons (Fsp3) is 0.538. The molecule has 1 rings (SSSR count). The number of nitrogens with zero attached hydrogens (tertiary/aromatic N) is 1. The molecule has 0 heterocycles. The van der Waals surface area contributed by atoms with Crippen LogP contribution in [0.5, 0.6) is 11.5 Å². The first-order chi connectivity index (χ1) is 8.21. The van der Waals surface area contributed by atoms with Crippen molar-refractivity contribution in [2.45, 2.75) is 6.54 Å². The highest BCUT2D eigenvalue weighted by atomic mass is 35.5. The number of rotatable bonds is 7. The third kappa shape index (κ3) is 5.12. The SMILES string of the molecule is CNCCN(C)Cc1ccc(OC)c(OC)c1.Cl. The van der Waals surface area contributed by atoms with Gasteiger partial charge in [0.15, 0.2) is 11.5 Å². The van der Waals surface area contributed by atoms with E-state index in [2.05, 4.69) is 23.3 Å². The third-order valence-corrected chi connectivity index (χ3v) is 2.64. The van der Waals surface area contributed by atoms with Gasteiger partial charge in [0.2, 0.25) is 0 Å². The Kier molecular flexibility index (Phi) is 8.54. The third-order valence-electron chi connectivity index (χ3n) is 2.64. The zero-order valence-corrected chi connectivity index (χ0v) is 12.3. The molecule has 0 saturated carbocycles. The van der Waals surface area contributed by atoms with E-state index in [0.29, 0.717) is 0 Å². The maximum absolute atomic E-state index is 5.28. The van der Waals surface area contributed by atoms with E-state index < -0.39 is 0 Å². The number of benzene rings is 1. The van der Waals surface area contributed by atoms with Crippen molar-refractivity contribution < 1.29 is 9.47 Å². The van der Waals surface area contributed by atoms with Crippen LogP contribution in [0.25, 0.3) is 0 Å². The molecule has 0 aliphatic rings. The first-order valence-electron chi connectivity index (χ1n) is 5.75. The van der Waals surface area contributed by atoms with Gasteiger partial charge in [-0.3, -0.25) is 0 Å². The van der Waals surface area contributed by atoms with Crippen LogP contribution in [0.1, 0.15) is 5.56 Å². The van der Waals surface area contributed by atoms with Crippen LogP contribution < -0.4 is 14.8 Å². The molecule has 1 aromatic carbocycles. The van der Waals surface area contributed by atoms with E-state index >= 15 is 0 Å². The lowest BCUT2D eigenvalue weighted by molar-refractivity contribution is 0.325. The van der Waals surface area contributed by atoms with Gasteiger partial charge in [-0.2, -0.15) is 0 Å². The van der Waals surface area contributed by atoms with Crippen LogP contribution in [0.4, 0.5) is 0 Å². The van der Waals surface area contributed by atoms with Crippen molar-refractivity contribution in [2.75, 3.05) is 41.4 Å². The van der Waals surface area contributed by atoms with Crippen molar-refractivity contribution in [3.8, 4) is 11.5 Å². The highest BCUT2D eigenvalue weighted by molar-refractivity contribution is 5.85. The first-order valence-corrected chi connectivity index (χ1v) is 5.75. The largest absolute Gasteiger partial charge is 0.493 e. The lowest BCUT2D eigenvalue weighted by Crippen LogP contribution is -2.26. The zero-order valence-electron chi connectivity index (χ0n) is 11.5. The van der Waals surface area contributed by atoms with Crippen molar-refractivity contribution in [3.63, 3.8) is 0 Å². The summed E-state index contributed by atoms with van der Waals surface area (Å²) in [5.41, 5.74) is 1.22. The lowest BCUT2D eigenvalue weighted by atomic mass is 10.2. The Morgan fingerprint density at radius 1 is 1.17 bits per heavy atom. The van der Waals surface area contributed by atoms with Gasteiger partial charge in [-0.1, -0.05) is 6.07 Å². The van der Waals surface area contributed by atoms with E-state index in [-0.39, 0.29) is 12.4 Å². The maximum atomic E-state index is 5.28. The van der Waals surface area contributed by atoms with E-state index in [1.54, 1.807) is 14.2 Å². The molecule has 4 nitrogen and oxygen atoms in total. The summed E-state index contributed by atoms with van der Waals surface area (Å²) in [6, 6.07) is 6.03. The maximum Gasteiger partial charge on any atom is 0.161 e. The van der Waals surface area contributed by atoms with Gasteiger partial charge in [-0.15, -0.1) is 12.4 Å². The Balaban J connectivity index is 0.00000289. The van der Waals surface area contributed by atoms with Gasteiger partial charge in [0, 0.05) is 19.6 Å². The molecule has 104 valence electrons. The van der Waals surface area contributed by atoms with Gasteiger partial charge in [-0.25, -0.2) is 0 Å². The molecule has 0 fully saturated rings. The van der Waals surface area contributed by atoms with Crippen molar-refractivity contribution in [3.05, 3.63) is 23.8 Å². The number of halogens is 1. The lowest BCUT2D eigenvalue weighted by Gasteiger charge is -2.17. The standard InChI is InChI=1S/C13H22N2O2.ClH/c1-14-7-8-15(2)10-11-5-6-12(16-3)13(9-11)17-4;/h5-6,9,14H,7-8,10H2,1-4H3;1H. The van der Waals surface area contributed by atoms with E-state index in [4.69, 9.17) is 9.47 Å². The summed E-state index contributed by atoms with van der Waals surface area (Å²) in [5.74, 6) is 1.56. The minimum Gasteiger partial charge on any atom is -0.493 e. The second kappa shape index (κ2) is 9.03. The summed E-state index contributed by atoms with van der Waals surface area (Å²) in [6.07, 6.45) is 0. The highest BCUT2D eigenvalue weighted by Gasteiger charge is 2.06. The van der Waals surface area contributed by atoms with Crippen LogP contribution in [0.15, 0.2) is 18.2 Å². The zero-order chi connectivity index (χ0) is 12.7. The van der Waals surface area contributed by atoms with Gasteiger partial charge < -0.3 is 19.7 Å². The average molecular weight is 275 g/mol. The fourth-order valence-electron chi connectivity index (χ4n) is 1.67. The summed E-state index contributed by atoms with van der Waals surface area (Å²) in [7, 11) is 7.38. The first kappa shape index (κ1) is 17.0. The van der Waals surface area contributed by atoms with Crippen molar-refractivity contribution in [1.82, 2.24) is 10.2 Å². The molecule has 1 aromatic rings. The predicted molar refractivity (Wildman–Crippen MR) is 77.1 cm³/mol. The molecule has 0 spiro atoms. The monoisotopic (exact) mass is 274 g/mol. The van der Waals surface area contributed by atoms with Gasteiger partial charge in [0.25, 0.3) is 0 Å². The molecule has 0 radical (unpaired) electrons. The van der Waals surface area contributed by atoms with E-state index in [1.165, 1.54) is 5.56 Å². The molecule has 5 heteroatoms. The van der Waals surface area contributed by atoms with Crippen LogP contribution in [0.3, 0.4) is 0 Å². The number of nitrogens with one attached hydrogen (secondary N) is 1. The normalized spacial score (nSPS) is 10.1. The summed E-state index contributed by atoms with van der Waals surface area (Å²) in [5, 5.41) is 3.14. The van der Waals surface area contributed by atoms with Crippen LogP contribution in [0.2, 0.25) is 0 Å². The van der Waals surface area contributed by atoms with Gasteiger partial charge in [0.1, 0.15) is 0 Å². The summed E-state index contributed by atoms with van der Waals surface area (Å²) in [6.45, 7) is 2.91. The van der Waals surface area contributed by atoms with Gasteiger partial charge in [-0.05, 0) is 31.8 Å². The quantitative estimate of drug-likeness (QED) is 0.822. The molecule has 0 amide bonds. The topological polar surface area (TPSA) is 33.7 Å². The van der Waals surface area contributed by atoms with Crippen molar-refractivity contribution in [2.24, 2.45) is 0 Å². The van der Waals surface area contributed by atoms with Crippen molar-refractivity contribution in [1.29, 1.82) is 0 Å². The van der Waals surface area contributed by atoms with Gasteiger partial charge in [0.05, 0.1) is 14.2 Å². The molecule has 0 aliphatic carbocycles. The molecular formula is C13H23ClN2O2. The number of likely N-dealkylation sites (N-methyl/N-ethyl adjacent to an activating group) is 2. The number of ether oxygens (including phenoxy) is 2. The molecule has 0 bridgehead atoms. The molecule has 0 saturated heterocycles. The second-order valence-corrected chi connectivity index (χ2v) is 4.03. The molecule has 0 aromatic heterocycles. The molecular weight excluding hydrogens is 252 g/mol. The molecule has 1 N–H and O–H groups in total. The Hall–Kier alpha value is -0.970. The molecule has 0 unspecified atom stereocenters. The average Bonchev–Trinajstić information content (AvgIpc) is 2.36. The summed E-state index contributed by atoms with van der Waals surface area (Å²) < 4.78 is 10.5. The molecule has 0 aliphatic heterocycles. The number of methoxy groups -OCH3 is 2. The Bertz CT molecular complexity index is 348. The van der Waals surface area contributed by atoms with Crippen molar-refractivity contribution >= 4 is 12.4 Å². The Morgan fingerprint density at radius 2 is 1.83 bits per heavy atom. The minimum atomic E-state index is 0. The Labute approximate surface area is 116 Å². The fourth-order valence-corrected chi connectivity index (χ4v) is 1.67. The summed E-state index contributed by atoms with van der Waals surface area (Å²) in [4.78, 5) is 2.26. The number of hydrogen-bond acceptors (Lipinski definition) is 4. The van der Waals surface area contributed by atoms with E-state index in [9.17, 15) is 0 Å². The van der Waals surface area contributed by atoms with Crippen LogP contribution in [0, 0.1) is 0 Å². The van der Waals surface area contributed by atoms with Crippen LogP contribution in [-0.4, -0.2) is 46.3 Å². The van der Waals surface area contributed by atoms with E-state index in [1.807, 2.05) is 19.2 Å². The highest BCUT2D eigenvalue weighted by Crippen LogP contribution is 2.27. The van der Waals surface area contributed by atoms with E-state index in [0.717, 1.165) is 31.1 Å². The Morgan fingerprint density at radius 3 is 2.39 bits per heavy atom. The smallest absolute Gasteiger partial charge is 0.161 e. The van der Waals surface area contributed by atoms with Gasteiger partial charge >= 0.3 is 0 Å². The number of hydrogen-bond donors (Lipinski definition) is 1. The summed E-state index contributed by atoms with van der Waals surface area (Å²) >= 11 is 0. The second-order valence-electron chi connectivity index (χ2n) is 4.03. The molecule has 0 atom stereocenters. The molecule has 18 heavy (non-hydrogen) atoms. The predicted octanol–water partition coefficient (Wildman–Crippen LogP) is 1.78. The van der Waals surface area contributed by atoms with Crippen LogP contribution >= 0.6 is 12.4 Å².